The number of carboxylic acid groups (broad SMARTS) is 1. The number of ether oxygens (including phenoxy) is 1. The van der Waals surface area contributed by atoms with Gasteiger partial charge < -0.3 is 20.5 Å². The maximum Gasteiger partial charge on any atom is 0.339 e. The Kier molecular flexibility index (Phi) is 7.11. The van der Waals surface area contributed by atoms with Crippen molar-refractivity contribution in [3.63, 3.8) is 0 Å². The van der Waals surface area contributed by atoms with Gasteiger partial charge in [0.05, 0.1) is 23.4 Å². The maximum atomic E-state index is 11.9. The fraction of sp³-hybridized carbons (Fsp3) is 0.238. The van der Waals surface area contributed by atoms with Gasteiger partial charge in [0, 0.05) is 24.7 Å². The molecule has 3 rings (SSSR count). The van der Waals surface area contributed by atoms with Crippen molar-refractivity contribution < 1.29 is 19.6 Å². The van der Waals surface area contributed by atoms with Crippen molar-refractivity contribution >= 4 is 23.4 Å². The lowest BCUT2D eigenvalue weighted by atomic mass is 10.0. The van der Waals surface area contributed by atoms with Crippen LogP contribution in [-0.4, -0.2) is 51.2 Å². The molecule has 3 N–H and O–H groups in total. The Morgan fingerprint density at radius 1 is 1.12 bits per heavy atom. The predicted molar refractivity (Wildman–Crippen MR) is 118 cm³/mol. The van der Waals surface area contributed by atoms with Crippen molar-refractivity contribution in [2.75, 3.05) is 30.8 Å². The molecule has 0 aliphatic carbocycles. The summed E-state index contributed by atoms with van der Waals surface area (Å²) in [5, 5.41) is 26.5. The van der Waals surface area contributed by atoms with Gasteiger partial charge in [-0.05, 0) is 36.8 Å². The van der Waals surface area contributed by atoms with Crippen LogP contribution in [0.4, 0.5) is 17.5 Å². The first-order valence-corrected chi connectivity index (χ1v) is 9.79. The summed E-state index contributed by atoms with van der Waals surface area (Å²) in [4.78, 5) is 34.9. The van der Waals surface area contributed by atoms with Crippen molar-refractivity contribution in [3.8, 4) is 17.0 Å². The van der Waals surface area contributed by atoms with E-state index in [2.05, 4.69) is 25.6 Å². The number of nitrogens with one attached hydrogen (secondary N) is 2. The van der Waals surface area contributed by atoms with Crippen LogP contribution in [0.3, 0.4) is 0 Å². The van der Waals surface area contributed by atoms with Crippen LogP contribution in [0.15, 0.2) is 42.6 Å². The minimum Gasteiger partial charge on any atom is -0.497 e. The molecule has 0 amide bonds. The summed E-state index contributed by atoms with van der Waals surface area (Å²) in [6.45, 7) is 2.68. The molecule has 32 heavy (non-hydrogen) atoms. The Balaban J connectivity index is 1.76. The van der Waals surface area contributed by atoms with Crippen LogP contribution in [0, 0.1) is 10.1 Å². The molecule has 2 heterocycles. The summed E-state index contributed by atoms with van der Waals surface area (Å²) in [6, 6.07) is 9.86. The van der Waals surface area contributed by atoms with E-state index < -0.39 is 10.9 Å². The molecule has 0 aliphatic heterocycles. The molecule has 2 aromatic heterocycles. The standard InChI is InChI=1S/C21H22N6O5/c1-3-16-18(20(28)29)19(13-4-7-15(32-2)8-5-13)26-21(25-16)23-11-10-22-17-9-6-14(12-24-17)27(30)31/h4-9,12H,3,10-11H2,1-2H3,(H,22,24)(H,28,29)(H,23,25,26). The van der Waals surface area contributed by atoms with Gasteiger partial charge >= 0.3 is 5.97 Å². The highest BCUT2D eigenvalue weighted by Crippen LogP contribution is 2.27. The van der Waals surface area contributed by atoms with Gasteiger partial charge in [-0.1, -0.05) is 6.92 Å². The Bertz CT molecular complexity index is 1100. The number of rotatable bonds is 10. The van der Waals surface area contributed by atoms with Crippen LogP contribution in [0.1, 0.15) is 23.0 Å². The second-order valence-electron chi connectivity index (χ2n) is 6.62. The maximum absolute atomic E-state index is 11.9. The van der Waals surface area contributed by atoms with E-state index in [0.29, 0.717) is 54.0 Å². The highest BCUT2D eigenvalue weighted by molar-refractivity contribution is 5.96. The van der Waals surface area contributed by atoms with Gasteiger partial charge in [-0.2, -0.15) is 0 Å². The number of aromatic carboxylic acids is 1. The smallest absolute Gasteiger partial charge is 0.339 e. The molecule has 11 nitrogen and oxygen atoms in total. The number of carboxylic acids is 1. The average Bonchev–Trinajstić information content (AvgIpc) is 2.81. The molecule has 0 unspecified atom stereocenters. The zero-order valence-electron chi connectivity index (χ0n) is 17.5. The number of nitro groups is 1. The third kappa shape index (κ3) is 5.25. The van der Waals surface area contributed by atoms with E-state index in [9.17, 15) is 20.0 Å². The summed E-state index contributed by atoms with van der Waals surface area (Å²) in [5.74, 6) is 0.355. The number of carbonyl (C=O) groups is 1. The van der Waals surface area contributed by atoms with Gasteiger partial charge in [-0.25, -0.2) is 19.7 Å². The Morgan fingerprint density at radius 2 is 1.84 bits per heavy atom. The number of benzene rings is 1. The first-order chi connectivity index (χ1) is 15.4. The highest BCUT2D eigenvalue weighted by Gasteiger charge is 2.20. The molecule has 0 spiro atoms. The second-order valence-corrected chi connectivity index (χ2v) is 6.62. The topological polar surface area (TPSA) is 152 Å². The van der Waals surface area contributed by atoms with Crippen LogP contribution in [0.5, 0.6) is 5.75 Å². The van der Waals surface area contributed by atoms with Gasteiger partial charge in [0.25, 0.3) is 5.69 Å². The molecular formula is C21H22N6O5. The normalized spacial score (nSPS) is 10.4. The number of aryl methyl sites for hydroxylation is 1. The van der Waals surface area contributed by atoms with Crippen LogP contribution in [0.2, 0.25) is 0 Å². The molecule has 0 aliphatic rings. The molecule has 0 saturated carbocycles. The zero-order valence-corrected chi connectivity index (χ0v) is 17.5. The van der Waals surface area contributed by atoms with E-state index >= 15 is 0 Å². The molecule has 1 aromatic carbocycles. The number of hydrogen-bond acceptors (Lipinski definition) is 9. The zero-order chi connectivity index (χ0) is 23.1. The van der Waals surface area contributed by atoms with E-state index in [1.807, 2.05) is 6.92 Å². The monoisotopic (exact) mass is 438 g/mol. The third-order valence-corrected chi connectivity index (χ3v) is 4.57. The van der Waals surface area contributed by atoms with Crippen LogP contribution < -0.4 is 15.4 Å². The number of anilines is 2. The molecule has 166 valence electrons. The summed E-state index contributed by atoms with van der Waals surface area (Å²) < 4.78 is 5.16. The number of hydrogen-bond donors (Lipinski definition) is 3. The minimum absolute atomic E-state index is 0.0661. The second kappa shape index (κ2) is 10.2. The van der Waals surface area contributed by atoms with Gasteiger partial charge in [0.1, 0.15) is 23.3 Å². The number of aromatic nitrogens is 3. The lowest BCUT2D eigenvalue weighted by molar-refractivity contribution is -0.385. The molecular weight excluding hydrogens is 416 g/mol. The van der Waals surface area contributed by atoms with E-state index in [0.717, 1.165) is 0 Å². The molecule has 0 radical (unpaired) electrons. The van der Waals surface area contributed by atoms with Crippen LogP contribution >= 0.6 is 0 Å². The van der Waals surface area contributed by atoms with Crippen molar-refractivity contribution in [2.45, 2.75) is 13.3 Å². The molecule has 0 saturated heterocycles. The lowest BCUT2D eigenvalue weighted by Gasteiger charge is -2.14. The highest BCUT2D eigenvalue weighted by atomic mass is 16.6. The van der Waals surface area contributed by atoms with E-state index in [-0.39, 0.29) is 11.3 Å². The SMILES string of the molecule is CCc1nc(NCCNc2ccc([N+](=O)[O-])cn2)nc(-c2ccc(OC)cc2)c1C(=O)O. The fourth-order valence-corrected chi connectivity index (χ4v) is 2.99. The Hall–Kier alpha value is -4.28. The van der Waals surface area contributed by atoms with E-state index in [1.54, 1.807) is 31.4 Å². The summed E-state index contributed by atoms with van der Waals surface area (Å²) >= 11 is 0. The molecule has 11 heteroatoms. The molecule has 3 aromatic rings. The number of methoxy groups -OCH3 is 1. The first-order valence-electron chi connectivity index (χ1n) is 9.79. The minimum atomic E-state index is -1.09. The van der Waals surface area contributed by atoms with Crippen molar-refractivity contribution in [1.29, 1.82) is 0 Å². The average molecular weight is 438 g/mol. The fourth-order valence-electron chi connectivity index (χ4n) is 2.99. The van der Waals surface area contributed by atoms with E-state index in [1.165, 1.54) is 18.3 Å². The third-order valence-electron chi connectivity index (χ3n) is 4.57. The molecule has 0 fully saturated rings. The number of pyridine rings is 1. The largest absolute Gasteiger partial charge is 0.497 e. The Morgan fingerprint density at radius 3 is 2.41 bits per heavy atom. The predicted octanol–water partition coefficient (Wildman–Crippen LogP) is 3.24. The summed E-state index contributed by atoms with van der Waals surface area (Å²) in [5.41, 5.74) is 1.36. The van der Waals surface area contributed by atoms with Crippen LogP contribution in [0.25, 0.3) is 11.3 Å². The van der Waals surface area contributed by atoms with Gasteiger partial charge in [0.2, 0.25) is 5.95 Å². The summed E-state index contributed by atoms with van der Waals surface area (Å²) in [6.07, 6.45) is 1.60. The van der Waals surface area contributed by atoms with Crippen molar-refractivity contribution in [2.24, 2.45) is 0 Å². The lowest BCUT2D eigenvalue weighted by Crippen LogP contribution is -2.18. The van der Waals surface area contributed by atoms with Crippen LogP contribution in [-0.2, 0) is 6.42 Å². The number of nitrogens with zero attached hydrogens (tertiary/aromatic N) is 4. The summed E-state index contributed by atoms with van der Waals surface area (Å²) in [7, 11) is 1.56. The van der Waals surface area contributed by atoms with E-state index in [4.69, 9.17) is 4.74 Å². The van der Waals surface area contributed by atoms with Crippen molar-refractivity contribution in [3.05, 3.63) is 64.0 Å². The molecule has 0 atom stereocenters. The van der Waals surface area contributed by atoms with Gasteiger partial charge in [-0.3, -0.25) is 10.1 Å². The quantitative estimate of drug-likeness (QED) is 0.244. The van der Waals surface area contributed by atoms with Gasteiger partial charge in [-0.15, -0.1) is 0 Å². The van der Waals surface area contributed by atoms with Crippen molar-refractivity contribution in [1.82, 2.24) is 15.0 Å². The van der Waals surface area contributed by atoms with Gasteiger partial charge in [0.15, 0.2) is 0 Å². The molecule has 0 bridgehead atoms. The Labute approximate surface area is 183 Å². The first kappa shape index (κ1) is 22.4.